The molecule has 15 heavy (non-hydrogen) atoms. The van der Waals surface area contributed by atoms with Crippen molar-refractivity contribution in [2.45, 2.75) is 6.61 Å². The summed E-state index contributed by atoms with van der Waals surface area (Å²) in [4.78, 5) is 0. The largest absolute Gasteiger partial charge is 0.392 e. The van der Waals surface area contributed by atoms with E-state index in [4.69, 9.17) is 16.7 Å². The van der Waals surface area contributed by atoms with Crippen molar-refractivity contribution < 1.29 is 13.5 Å². The maximum Gasteiger partial charge on any atom is 0.254 e. The molecule has 0 amide bonds. The first kappa shape index (κ1) is 12.0. The van der Waals surface area contributed by atoms with Gasteiger partial charge in [0, 0.05) is 16.0 Å². The van der Waals surface area contributed by atoms with Crippen LogP contribution in [0.3, 0.4) is 0 Å². The average molecular weight is 248 g/mol. The second-order valence-electron chi connectivity index (χ2n) is 2.77. The fraction of sp³-hybridized carbons (Fsp3) is 0.111. The molecule has 0 unspecified atom stereocenters. The van der Waals surface area contributed by atoms with Crippen molar-refractivity contribution in [3.05, 3.63) is 40.8 Å². The van der Waals surface area contributed by atoms with E-state index in [0.717, 1.165) is 5.41 Å². The fourth-order valence-corrected chi connectivity index (χ4v) is 1.77. The summed E-state index contributed by atoms with van der Waals surface area (Å²) in [6.07, 6.45) is 0. The van der Waals surface area contributed by atoms with E-state index in [0.29, 0.717) is 16.3 Å². The summed E-state index contributed by atoms with van der Waals surface area (Å²) in [6.45, 7) is 2.87. The van der Waals surface area contributed by atoms with E-state index < -0.39 is 10.0 Å². The van der Waals surface area contributed by atoms with Crippen molar-refractivity contribution in [1.29, 1.82) is 0 Å². The van der Waals surface area contributed by atoms with Crippen molar-refractivity contribution in [3.8, 4) is 0 Å². The third-order valence-electron chi connectivity index (χ3n) is 1.71. The van der Waals surface area contributed by atoms with E-state index in [-0.39, 0.29) is 6.61 Å². The number of aliphatic hydroxyl groups excluding tert-OH is 1. The molecule has 0 atom stereocenters. The molecule has 0 aliphatic rings. The minimum absolute atomic E-state index is 0.293. The lowest BCUT2D eigenvalue weighted by Gasteiger charge is -2.08. The molecule has 1 aromatic rings. The third kappa shape index (κ3) is 3.23. The number of aliphatic hydroxyl groups is 1. The van der Waals surface area contributed by atoms with Crippen molar-refractivity contribution in [1.82, 2.24) is 0 Å². The monoisotopic (exact) mass is 247 g/mol. The highest BCUT2D eigenvalue weighted by atomic mass is 35.5. The van der Waals surface area contributed by atoms with Gasteiger partial charge in [-0.2, -0.15) is 0 Å². The zero-order valence-electron chi connectivity index (χ0n) is 7.77. The minimum atomic E-state index is -3.56. The molecular formula is C9H10ClNO3S. The van der Waals surface area contributed by atoms with Gasteiger partial charge in [-0.3, -0.25) is 4.72 Å². The Labute approximate surface area is 93.2 Å². The van der Waals surface area contributed by atoms with Crippen molar-refractivity contribution >= 4 is 27.3 Å². The Hall–Kier alpha value is -1.04. The molecule has 0 fully saturated rings. The number of hydrogen-bond acceptors (Lipinski definition) is 3. The maximum absolute atomic E-state index is 11.2. The summed E-state index contributed by atoms with van der Waals surface area (Å²) in [5, 5.41) is 10.2. The molecule has 6 heteroatoms. The zero-order chi connectivity index (χ0) is 11.5. The molecule has 0 saturated heterocycles. The standard InChI is InChI=1S/C9H10ClNO3S/c1-2-15(13,14)11-9-4-3-8(10)5-7(9)6-12/h2-5,11-12H,1,6H2. The predicted molar refractivity (Wildman–Crippen MR) is 60.1 cm³/mol. The molecule has 0 spiro atoms. The van der Waals surface area contributed by atoms with Crippen LogP contribution in [0.5, 0.6) is 0 Å². The van der Waals surface area contributed by atoms with Crippen LogP contribution in [0.25, 0.3) is 0 Å². The summed E-state index contributed by atoms with van der Waals surface area (Å²) < 4.78 is 24.6. The zero-order valence-corrected chi connectivity index (χ0v) is 9.35. The van der Waals surface area contributed by atoms with Crippen LogP contribution >= 0.6 is 11.6 Å². The van der Waals surface area contributed by atoms with Crippen LogP contribution in [0.2, 0.25) is 5.02 Å². The van der Waals surface area contributed by atoms with Crippen LogP contribution in [-0.2, 0) is 16.6 Å². The Morgan fingerprint density at radius 1 is 1.53 bits per heavy atom. The van der Waals surface area contributed by atoms with Crippen LogP contribution < -0.4 is 4.72 Å². The third-order valence-corrected chi connectivity index (χ3v) is 2.89. The van der Waals surface area contributed by atoms with Gasteiger partial charge >= 0.3 is 0 Å². The molecule has 0 aromatic heterocycles. The topological polar surface area (TPSA) is 66.4 Å². The Balaban J connectivity index is 3.10. The first-order valence-electron chi connectivity index (χ1n) is 4.03. The van der Waals surface area contributed by atoms with Gasteiger partial charge in [0.05, 0.1) is 12.3 Å². The van der Waals surface area contributed by atoms with E-state index in [1.807, 2.05) is 0 Å². The van der Waals surface area contributed by atoms with Gasteiger partial charge in [-0.15, -0.1) is 0 Å². The van der Waals surface area contributed by atoms with Crippen molar-refractivity contribution in [3.63, 3.8) is 0 Å². The lowest BCUT2D eigenvalue weighted by atomic mass is 10.2. The van der Waals surface area contributed by atoms with Gasteiger partial charge in [0.1, 0.15) is 0 Å². The molecule has 1 aromatic carbocycles. The Kier molecular flexibility index (Phi) is 3.73. The first-order chi connectivity index (χ1) is 6.98. The first-order valence-corrected chi connectivity index (χ1v) is 5.95. The number of rotatable bonds is 4. The molecule has 0 radical (unpaired) electrons. The summed E-state index contributed by atoms with van der Waals surface area (Å²) in [7, 11) is -3.56. The molecule has 2 N–H and O–H groups in total. The van der Waals surface area contributed by atoms with E-state index in [9.17, 15) is 8.42 Å². The summed E-state index contributed by atoms with van der Waals surface area (Å²) >= 11 is 5.69. The summed E-state index contributed by atoms with van der Waals surface area (Å²) in [6, 6.07) is 4.50. The smallest absolute Gasteiger partial charge is 0.254 e. The molecule has 0 aliphatic carbocycles. The molecule has 0 bridgehead atoms. The van der Waals surface area contributed by atoms with Crippen LogP contribution in [0.15, 0.2) is 30.2 Å². The second-order valence-corrected chi connectivity index (χ2v) is 4.84. The molecule has 0 saturated carbocycles. The SMILES string of the molecule is C=CS(=O)(=O)Nc1ccc(Cl)cc1CO. The average Bonchev–Trinajstić information content (AvgIpc) is 2.20. The fourth-order valence-electron chi connectivity index (χ4n) is 0.988. The number of benzene rings is 1. The van der Waals surface area contributed by atoms with E-state index in [2.05, 4.69) is 11.3 Å². The second kappa shape index (κ2) is 4.65. The summed E-state index contributed by atoms with van der Waals surface area (Å²) in [5.74, 6) is 0. The normalized spacial score (nSPS) is 11.1. The lowest BCUT2D eigenvalue weighted by Crippen LogP contribution is -2.10. The van der Waals surface area contributed by atoms with E-state index in [1.165, 1.54) is 18.2 Å². The number of anilines is 1. The van der Waals surface area contributed by atoms with Gasteiger partial charge in [-0.1, -0.05) is 18.2 Å². The van der Waals surface area contributed by atoms with Crippen LogP contribution in [0.1, 0.15) is 5.56 Å². The van der Waals surface area contributed by atoms with Crippen molar-refractivity contribution in [2.24, 2.45) is 0 Å². The number of sulfonamides is 1. The maximum atomic E-state index is 11.2. The van der Waals surface area contributed by atoms with Crippen LogP contribution in [-0.4, -0.2) is 13.5 Å². The quantitative estimate of drug-likeness (QED) is 0.851. The molecule has 4 nitrogen and oxygen atoms in total. The molecule has 0 aliphatic heterocycles. The van der Waals surface area contributed by atoms with Gasteiger partial charge in [0.2, 0.25) is 0 Å². The van der Waals surface area contributed by atoms with Crippen LogP contribution in [0.4, 0.5) is 5.69 Å². The van der Waals surface area contributed by atoms with Gasteiger partial charge in [0.15, 0.2) is 0 Å². The Bertz CT molecular complexity index is 470. The number of nitrogens with one attached hydrogen (secondary N) is 1. The number of halogens is 1. The van der Waals surface area contributed by atoms with Gasteiger partial charge < -0.3 is 5.11 Å². The summed E-state index contributed by atoms with van der Waals surface area (Å²) in [5.41, 5.74) is 0.703. The number of hydrogen-bond donors (Lipinski definition) is 2. The highest BCUT2D eigenvalue weighted by molar-refractivity contribution is 7.95. The van der Waals surface area contributed by atoms with Gasteiger partial charge in [-0.05, 0) is 18.2 Å². The highest BCUT2D eigenvalue weighted by Gasteiger charge is 2.08. The van der Waals surface area contributed by atoms with Crippen LogP contribution in [0, 0.1) is 0 Å². The van der Waals surface area contributed by atoms with E-state index >= 15 is 0 Å². The lowest BCUT2D eigenvalue weighted by molar-refractivity contribution is 0.282. The Morgan fingerprint density at radius 3 is 2.73 bits per heavy atom. The van der Waals surface area contributed by atoms with Crippen molar-refractivity contribution in [2.75, 3.05) is 4.72 Å². The molecular weight excluding hydrogens is 238 g/mol. The van der Waals surface area contributed by atoms with Gasteiger partial charge in [0.25, 0.3) is 10.0 Å². The predicted octanol–water partition coefficient (Wildman–Crippen LogP) is 1.72. The minimum Gasteiger partial charge on any atom is -0.392 e. The molecule has 0 heterocycles. The van der Waals surface area contributed by atoms with Gasteiger partial charge in [-0.25, -0.2) is 8.42 Å². The highest BCUT2D eigenvalue weighted by Crippen LogP contribution is 2.21. The van der Waals surface area contributed by atoms with E-state index in [1.54, 1.807) is 0 Å². The Morgan fingerprint density at radius 2 is 2.20 bits per heavy atom. The molecule has 82 valence electrons. The molecule has 1 rings (SSSR count).